The highest BCUT2D eigenvalue weighted by atomic mass is 19.4. The van der Waals surface area contributed by atoms with Crippen molar-refractivity contribution in [3.63, 3.8) is 0 Å². The summed E-state index contributed by atoms with van der Waals surface area (Å²) in [7, 11) is 1.63. The third kappa shape index (κ3) is 3.54. The van der Waals surface area contributed by atoms with E-state index in [9.17, 15) is 13.2 Å². The molecule has 34 heavy (non-hydrogen) atoms. The van der Waals surface area contributed by atoms with Crippen molar-refractivity contribution in [2.24, 2.45) is 5.92 Å². The van der Waals surface area contributed by atoms with Crippen molar-refractivity contribution in [2.45, 2.75) is 32.0 Å². The second kappa shape index (κ2) is 8.03. The lowest BCUT2D eigenvalue weighted by molar-refractivity contribution is -0.179. The van der Waals surface area contributed by atoms with Crippen LogP contribution in [0.1, 0.15) is 35.1 Å². The summed E-state index contributed by atoms with van der Waals surface area (Å²) >= 11 is 0. The van der Waals surface area contributed by atoms with Gasteiger partial charge in [-0.15, -0.1) is 0 Å². The zero-order valence-corrected chi connectivity index (χ0v) is 19.1. The number of methoxy groups -OCH3 is 1. The van der Waals surface area contributed by atoms with E-state index in [-0.39, 0.29) is 12.8 Å². The van der Waals surface area contributed by atoms with E-state index in [2.05, 4.69) is 34.1 Å². The summed E-state index contributed by atoms with van der Waals surface area (Å²) in [5.74, 6) is 1.08. The molecule has 1 saturated heterocycles. The van der Waals surface area contributed by atoms with Crippen LogP contribution in [-0.2, 0) is 13.0 Å². The average Bonchev–Trinajstić information content (AvgIpc) is 2.85. The van der Waals surface area contributed by atoms with Crippen molar-refractivity contribution in [1.29, 1.82) is 0 Å². The normalized spacial score (nSPS) is 19.7. The molecule has 5 nitrogen and oxygen atoms in total. The molecule has 2 aromatic carbocycles. The van der Waals surface area contributed by atoms with Crippen molar-refractivity contribution in [3.8, 4) is 17.2 Å². The Bertz CT molecular complexity index is 1150. The van der Waals surface area contributed by atoms with E-state index in [1.54, 1.807) is 7.11 Å². The predicted molar refractivity (Wildman–Crippen MR) is 123 cm³/mol. The first-order valence-corrected chi connectivity index (χ1v) is 11.8. The van der Waals surface area contributed by atoms with Crippen LogP contribution < -0.4 is 19.1 Å². The molecule has 0 N–H and O–H groups in total. The monoisotopic (exact) mass is 472 g/mol. The number of hydrogen-bond donors (Lipinski definition) is 0. The largest absolute Gasteiger partial charge is 0.495 e. The number of hydrogen-bond acceptors (Lipinski definition) is 5. The predicted octanol–water partition coefficient (Wildman–Crippen LogP) is 5.11. The van der Waals surface area contributed by atoms with Gasteiger partial charge in [-0.2, -0.15) is 13.2 Å². The SMILES string of the molecule is COc1ccc2c(c1N1CCC(C(F)(F)F)CC1)CN1CCc3cc4c(cc3C1=C2)OCCO4. The van der Waals surface area contributed by atoms with Gasteiger partial charge in [-0.1, -0.05) is 6.07 Å². The molecule has 0 radical (unpaired) electrons. The number of ether oxygens (including phenoxy) is 3. The first kappa shape index (κ1) is 21.5. The summed E-state index contributed by atoms with van der Waals surface area (Å²) in [6, 6.07) is 8.17. The van der Waals surface area contributed by atoms with Crippen molar-refractivity contribution in [1.82, 2.24) is 4.90 Å². The van der Waals surface area contributed by atoms with Crippen LogP contribution in [0.15, 0.2) is 24.3 Å². The molecule has 1 fully saturated rings. The lowest BCUT2D eigenvalue weighted by Crippen LogP contribution is -2.40. The average molecular weight is 473 g/mol. The van der Waals surface area contributed by atoms with Crippen molar-refractivity contribution in [3.05, 3.63) is 46.5 Å². The number of alkyl halides is 3. The van der Waals surface area contributed by atoms with Crippen molar-refractivity contribution < 1.29 is 27.4 Å². The van der Waals surface area contributed by atoms with Gasteiger partial charge in [-0.05, 0) is 54.7 Å². The van der Waals surface area contributed by atoms with E-state index in [0.29, 0.717) is 32.8 Å². The number of anilines is 1. The van der Waals surface area contributed by atoms with Gasteiger partial charge < -0.3 is 24.0 Å². The Hall–Kier alpha value is -3.03. The van der Waals surface area contributed by atoms with Crippen molar-refractivity contribution >= 4 is 17.5 Å². The van der Waals surface area contributed by atoms with Gasteiger partial charge in [0.1, 0.15) is 19.0 Å². The first-order valence-electron chi connectivity index (χ1n) is 11.8. The number of rotatable bonds is 2. The lowest BCUT2D eigenvalue weighted by Gasteiger charge is -2.41. The van der Waals surface area contributed by atoms with E-state index in [1.807, 2.05) is 6.07 Å². The van der Waals surface area contributed by atoms with Gasteiger partial charge in [-0.3, -0.25) is 0 Å². The van der Waals surface area contributed by atoms with Crippen LogP contribution >= 0.6 is 0 Å². The van der Waals surface area contributed by atoms with E-state index >= 15 is 0 Å². The molecule has 4 heterocycles. The fourth-order valence-corrected chi connectivity index (χ4v) is 5.67. The fraction of sp³-hybridized carbons (Fsp3) is 0.462. The van der Waals surface area contributed by atoms with Gasteiger partial charge in [0.05, 0.1) is 18.7 Å². The van der Waals surface area contributed by atoms with Crippen LogP contribution in [0, 0.1) is 5.92 Å². The molecule has 8 heteroatoms. The minimum absolute atomic E-state index is 0.113. The molecule has 0 atom stereocenters. The second-order valence-corrected chi connectivity index (χ2v) is 9.34. The maximum atomic E-state index is 13.2. The number of piperidine rings is 1. The molecule has 0 aliphatic carbocycles. The molecule has 180 valence electrons. The molecule has 4 aliphatic rings. The van der Waals surface area contributed by atoms with Crippen molar-refractivity contribution in [2.75, 3.05) is 44.9 Å². The Morgan fingerprint density at radius 2 is 1.71 bits per heavy atom. The lowest BCUT2D eigenvalue weighted by atomic mass is 9.89. The molecule has 0 spiro atoms. The molecule has 2 aromatic rings. The molecule has 0 bridgehead atoms. The molecule has 0 saturated carbocycles. The molecule has 0 unspecified atom stereocenters. The summed E-state index contributed by atoms with van der Waals surface area (Å²) in [5.41, 5.74) is 6.70. The van der Waals surface area contributed by atoms with E-state index in [4.69, 9.17) is 14.2 Å². The Morgan fingerprint density at radius 1 is 0.971 bits per heavy atom. The fourth-order valence-electron chi connectivity index (χ4n) is 5.67. The van der Waals surface area contributed by atoms with Crippen LogP contribution in [0.5, 0.6) is 17.2 Å². The third-order valence-electron chi connectivity index (χ3n) is 7.45. The Balaban J connectivity index is 1.38. The third-order valence-corrected chi connectivity index (χ3v) is 7.45. The first-order chi connectivity index (χ1) is 16.4. The summed E-state index contributed by atoms with van der Waals surface area (Å²) in [6.45, 7) is 3.43. The number of halogens is 3. The molecule has 0 aromatic heterocycles. The number of fused-ring (bicyclic) bond motifs is 5. The molecule has 6 rings (SSSR count). The zero-order chi connectivity index (χ0) is 23.4. The summed E-state index contributed by atoms with van der Waals surface area (Å²) in [5, 5.41) is 0. The standard InChI is InChI=1S/C26H27F3N2O3/c1-32-22-3-2-16-12-21-19-14-24-23(33-10-11-34-24)13-17(19)4-7-31(21)15-20(16)25(22)30-8-5-18(6-9-30)26(27,28)29/h2-3,12-14,18H,4-11,15H2,1H3. The van der Waals surface area contributed by atoms with E-state index in [0.717, 1.165) is 58.3 Å². The summed E-state index contributed by atoms with van der Waals surface area (Å²) in [6.07, 6.45) is -0.810. The van der Waals surface area contributed by atoms with Crippen LogP contribution in [-0.4, -0.2) is 51.0 Å². The highest BCUT2D eigenvalue weighted by Gasteiger charge is 2.42. The molecule has 0 amide bonds. The van der Waals surface area contributed by atoms with Crippen LogP contribution in [0.25, 0.3) is 11.8 Å². The second-order valence-electron chi connectivity index (χ2n) is 9.34. The minimum atomic E-state index is -4.13. The maximum Gasteiger partial charge on any atom is 0.391 e. The van der Waals surface area contributed by atoms with Gasteiger partial charge in [0.2, 0.25) is 0 Å². The van der Waals surface area contributed by atoms with E-state index in [1.165, 1.54) is 5.56 Å². The topological polar surface area (TPSA) is 34.2 Å². The van der Waals surface area contributed by atoms with Gasteiger partial charge >= 0.3 is 6.18 Å². The van der Waals surface area contributed by atoms with Gasteiger partial charge in [0.15, 0.2) is 11.5 Å². The quantitative estimate of drug-likeness (QED) is 0.607. The summed E-state index contributed by atoms with van der Waals surface area (Å²) in [4.78, 5) is 4.43. The zero-order valence-electron chi connectivity index (χ0n) is 19.1. The van der Waals surface area contributed by atoms with Gasteiger partial charge in [0, 0.05) is 43.0 Å². The van der Waals surface area contributed by atoms with Crippen LogP contribution in [0.4, 0.5) is 18.9 Å². The molecule has 4 aliphatic heterocycles. The molecular formula is C26H27F3N2O3. The van der Waals surface area contributed by atoms with Crippen LogP contribution in [0.2, 0.25) is 0 Å². The van der Waals surface area contributed by atoms with Gasteiger partial charge in [-0.25, -0.2) is 0 Å². The Kier molecular flexibility index (Phi) is 5.08. The smallest absolute Gasteiger partial charge is 0.391 e. The minimum Gasteiger partial charge on any atom is -0.495 e. The van der Waals surface area contributed by atoms with E-state index < -0.39 is 12.1 Å². The van der Waals surface area contributed by atoms with Gasteiger partial charge in [0.25, 0.3) is 0 Å². The molecular weight excluding hydrogens is 445 g/mol. The highest BCUT2D eigenvalue weighted by molar-refractivity contribution is 5.88. The maximum absolute atomic E-state index is 13.2. The summed E-state index contributed by atoms with van der Waals surface area (Å²) < 4.78 is 57.0. The van der Waals surface area contributed by atoms with Crippen LogP contribution in [0.3, 0.4) is 0 Å². The highest BCUT2D eigenvalue weighted by Crippen LogP contribution is 2.46. The number of benzene rings is 2. The Labute approximate surface area is 196 Å². The Morgan fingerprint density at radius 3 is 2.41 bits per heavy atom. The number of nitrogens with zero attached hydrogens (tertiary/aromatic N) is 2.